The van der Waals surface area contributed by atoms with Crippen LogP contribution < -0.4 is 14.4 Å². The number of nitrogens with one attached hydrogen (secondary N) is 1. The first-order chi connectivity index (χ1) is 18.2. The monoisotopic (exact) mass is 555 g/mol. The van der Waals surface area contributed by atoms with Crippen LogP contribution in [0.15, 0.2) is 65.6 Å². The maximum atomic E-state index is 14.6. The van der Waals surface area contributed by atoms with Gasteiger partial charge in [-0.1, -0.05) is 25.1 Å². The molecule has 3 aromatic rings. The number of benzene rings is 2. The van der Waals surface area contributed by atoms with Gasteiger partial charge >= 0.3 is 0 Å². The second-order valence-corrected chi connectivity index (χ2v) is 12.8. The van der Waals surface area contributed by atoms with Crippen LogP contribution in [-0.2, 0) is 10.0 Å². The molecule has 4 rings (SSSR count). The van der Waals surface area contributed by atoms with Gasteiger partial charge in [0.15, 0.2) is 0 Å². The van der Waals surface area contributed by atoms with Crippen LogP contribution in [0.2, 0.25) is 0 Å². The maximum Gasteiger partial charge on any atom is 0.268 e. The molecule has 1 unspecified atom stereocenters. The highest BCUT2D eigenvalue weighted by Crippen LogP contribution is 2.39. The number of ether oxygens (including phenoxy) is 1. The molecule has 39 heavy (non-hydrogen) atoms. The highest BCUT2D eigenvalue weighted by atomic mass is 32.2. The Bertz CT molecular complexity index is 1470. The number of aliphatic hydroxyl groups is 1. The number of sulfonamides is 1. The molecule has 1 aliphatic rings. The van der Waals surface area contributed by atoms with Gasteiger partial charge in [0.25, 0.3) is 15.9 Å². The van der Waals surface area contributed by atoms with Crippen molar-refractivity contribution in [2.24, 2.45) is 5.92 Å². The van der Waals surface area contributed by atoms with E-state index in [1.165, 1.54) is 30.3 Å². The van der Waals surface area contributed by atoms with Crippen LogP contribution in [0.25, 0.3) is 11.3 Å². The van der Waals surface area contributed by atoms with Crippen LogP contribution in [0.5, 0.6) is 5.75 Å². The molecule has 1 aromatic heterocycles. The highest BCUT2D eigenvalue weighted by Gasteiger charge is 2.41. The number of aromatic nitrogens is 1. The number of rotatable bonds is 8. The molecule has 0 bridgehead atoms. The molecule has 0 radical (unpaired) electrons. The lowest BCUT2D eigenvalue weighted by Crippen LogP contribution is -2.43. The fourth-order valence-electron chi connectivity index (χ4n) is 4.49. The molecule has 10 heteroatoms. The second-order valence-electron chi connectivity index (χ2n) is 11.1. The van der Waals surface area contributed by atoms with E-state index in [0.717, 1.165) is 6.42 Å². The van der Waals surface area contributed by atoms with Crippen molar-refractivity contribution in [1.82, 2.24) is 9.71 Å². The summed E-state index contributed by atoms with van der Waals surface area (Å²) >= 11 is 0. The zero-order chi connectivity index (χ0) is 28.6. The summed E-state index contributed by atoms with van der Waals surface area (Å²) in [7, 11) is -4.11. The maximum absolute atomic E-state index is 14.6. The highest BCUT2D eigenvalue weighted by molar-refractivity contribution is 7.90. The molecule has 2 N–H and O–H groups in total. The van der Waals surface area contributed by atoms with Crippen LogP contribution in [0.3, 0.4) is 0 Å². The lowest BCUT2D eigenvalue weighted by molar-refractivity contribution is 0.0284. The largest absolute Gasteiger partial charge is 0.490 e. The van der Waals surface area contributed by atoms with Gasteiger partial charge in [-0.25, -0.2) is 22.5 Å². The van der Waals surface area contributed by atoms with E-state index in [2.05, 4.69) is 11.6 Å². The van der Waals surface area contributed by atoms with Gasteiger partial charge in [0.2, 0.25) is 0 Å². The van der Waals surface area contributed by atoms with Gasteiger partial charge in [-0.05, 0) is 76.4 Å². The Morgan fingerprint density at radius 3 is 2.49 bits per heavy atom. The van der Waals surface area contributed by atoms with E-state index < -0.39 is 27.3 Å². The van der Waals surface area contributed by atoms with Crippen molar-refractivity contribution < 1.29 is 27.4 Å². The number of anilines is 1. The number of carbonyl (C=O) groups is 1. The molecule has 2 aromatic carbocycles. The normalized spacial score (nSPS) is 17.2. The SMILES string of the molecule is CC1CCN(c2nc(-c3cc(F)cc(OCC(C)(C)O)c3)ccc2C(=O)NS(=O)(=O)c2ccccc2)C1(C)C. The van der Waals surface area contributed by atoms with Gasteiger partial charge in [-0.15, -0.1) is 0 Å². The number of pyridine rings is 1. The van der Waals surface area contributed by atoms with Crippen molar-refractivity contribution in [3.05, 3.63) is 72.0 Å². The summed E-state index contributed by atoms with van der Waals surface area (Å²) in [6.45, 7) is 9.95. The topological polar surface area (TPSA) is 109 Å². The third-order valence-corrected chi connectivity index (χ3v) is 8.45. The van der Waals surface area contributed by atoms with Crippen LogP contribution in [0, 0.1) is 11.7 Å². The summed E-state index contributed by atoms with van der Waals surface area (Å²) in [4.78, 5) is 20.1. The minimum atomic E-state index is -4.11. The van der Waals surface area contributed by atoms with Crippen LogP contribution >= 0.6 is 0 Å². The third kappa shape index (κ3) is 6.39. The van der Waals surface area contributed by atoms with Crippen LogP contribution in [0.4, 0.5) is 10.2 Å². The molecule has 2 heterocycles. The predicted octanol–water partition coefficient (Wildman–Crippen LogP) is 4.78. The molecule has 8 nitrogen and oxygen atoms in total. The van der Waals surface area contributed by atoms with Gasteiger partial charge in [0.05, 0.1) is 21.8 Å². The van der Waals surface area contributed by atoms with E-state index in [-0.39, 0.29) is 34.3 Å². The average molecular weight is 556 g/mol. The summed E-state index contributed by atoms with van der Waals surface area (Å²) in [6.07, 6.45) is 0.858. The lowest BCUT2D eigenvalue weighted by Gasteiger charge is -2.36. The van der Waals surface area contributed by atoms with Crippen molar-refractivity contribution in [2.45, 2.75) is 57.1 Å². The van der Waals surface area contributed by atoms with Gasteiger partial charge in [0.1, 0.15) is 24.0 Å². The Balaban J connectivity index is 1.76. The quantitative estimate of drug-likeness (QED) is 0.412. The summed E-state index contributed by atoms with van der Waals surface area (Å²) < 4.78 is 48.1. The van der Waals surface area contributed by atoms with Crippen molar-refractivity contribution >= 4 is 21.7 Å². The first-order valence-corrected chi connectivity index (χ1v) is 14.2. The van der Waals surface area contributed by atoms with Crippen molar-refractivity contribution in [3.63, 3.8) is 0 Å². The van der Waals surface area contributed by atoms with E-state index in [4.69, 9.17) is 9.72 Å². The molecule has 0 saturated carbocycles. The van der Waals surface area contributed by atoms with E-state index in [9.17, 15) is 22.7 Å². The number of halogens is 1. The number of hydrogen-bond acceptors (Lipinski definition) is 7. The summed E-state index contributed by atoms with van der Waals surface area (Å²) in [6, 6.07) is 14.8. The standard InChI is InChI=1S/C29H34FN3O5S/c1-19-13-14-33(29(19,4)5)26-24(27(34)32-39(36,37)23-9-7-6-8-10-23)11-12-25(31-26)20-15-21(30)17-22(16-20)38-18-28(2,3)35/h6-12,15-17,19,35H,13-14,18H2,1-5H3,(H,32,34). The molecule has 0 spiro atoms. The van der Waals surface area contributed by atoms with Crippen molar-refractivity contribution in [1.29, 1.82) is 0 Å². The summed E-state index contributed by atoms with van der Waals surface area (Å²) in [5, 5.41) is 9.98. The average Bonchev–Trinajstić information content (AvgIpc) is 3.13. The Morgan fingerprint density at radius 1 is 1.18 bits per heavy atom. The van der Waals surface area contributed by atoms with E-state index in [1.54, 1.807) is 44.2 Å². The Kier molecular flexibility index (Phi) is 7.73. The minimum absolute atomic E-state index is 0.0297. The first-order valence-electron chi connectivity index (χ1n) is 12.7. The van der Waals surface area contributed by atoms with Gasteiger partial charge < -0.3 is 14.7 Å². The Labute approximate surface area is 228 Å². The summed E-state index contributed by atoms with van der Waals surface area (Å²) in [5.41, 5.74) is -0.589. The molecular weight excluding hydrogens is 521 g/mol. The summed E-state index contributed by atoms with van der Waals surface area (Å²) in [5.74, 6) is -0.542. The number of carbonyl (C=O) groups excluding carboxylic acids is 1. The van der Waals surface area contributed by atoms with E-state index >= 15 is 0 Å². The zero-order valence-electron chi connectivity index (χ0n) is 22.7. The molecule has 208 valence electrons. The van der Waals surface area contributed by atoms with E-state index in [1.807, 2.05) is 18.7 Å². The smallest absolute Gasteiger partial charge is 0.268 e. The van der Waals surface area contributed by atoms with Crippen molar-refractivity contribution in [2.75, 3.05) is 18.1 Å². The van der Waals surface area contributed by atoms with Gasteiger partial charge in [-0.3, -0.25) is 4.79 Å². The van der Waals surface area contributed by atoms with Gasteiger partial charge in [0, 0.05) is 23.7 Å². The Hall–Kier alpha value is -3.50. The molecule has 1 amide bonds. The molecular formula is C29H34FN3O5S. The van der Waals surface area contributed by atoms with Crippen LogP contribution in [-0.4, -0.2) is 48.7 Å². The van der Waals surface area contributed by atoms with Gasteiger partial charge in [-0.2, -0.15) is 0 Å². The predicted molar refractivity (Wildman–Crippen MR) is 148 cm³/mol. The lowest BCUT2D eigenvalue weighted by atomic mass is 9.90. The van der Waals surface area contributed by atoms with Crippen LogP contribution in [0.1, 0.15) is 51.4 Å². The molecule has 1 atom stereocenters. The number of hydrogen-bond donors (Lipinski definition) is 2. The first kappa shape index (κ1) is 28.5. The van der Waals surface area contributed by atoms with E-state index in [0.29, 0.717) is 23.6 Å². The molecule has 0 aliphatic carbocycles. The number of amides is 1. The Morgan fingerprint density at radius 2 is 1.87 bits per heavy atom. The molecule has 1 fully saturated rings. The fourth-order valence-corrected chi connectivity index (χ4v) is 5.48. The molecule has 1 aliphatic heterocycles. The number of nitrogens with zero attached hydrogens (tertiary/aromatic N) is 2. The molecule has 1 saturated heterocycles. The fraction of sp³-hybridized carbons (Fsp3) is 0.379. The van der Waals surface area contributed by atoms with Crippen molar-refractivity contribution in [3.8, 4) is 17.0 Å². The zero-order valence-corrected chi connectivity index (χ0v) is 23.5. The second kappa shape index (κ2) is 10.6. The third-order valence-electron chi connectivity index (χ3n) is 7.10. The minimum Gasteiger partial charge on any atom is -0.490 e.